The summed E-state index contributed by atoms with van der Waals surface area (Å²) in [6.07, 6.45) is -0.461. The van der Waals surface area contributed by atoms with E-state index in [1.54, 1.807) is 11.4 Å². The van der Waals surface area contributed by atoms with Gasteiger partial charge in [0.25, 0.3) is 5.91 Å². The summed E-state index contributed by atoms with van der Waals surface area (Å²) in [4.78, 5) is 40.4. The number of aliphatic carboxylic acids is 1. The summed E-state index contributed by atoms with van der Waals surface area (Å²) in [6, 6.07) is 8.28. The Kier molecular flexibility index (Phi) is 8.56. The van der Waals surface area contributed by atoms with Gasteiger partial charge in [0, 0.05) is 21.0 Å². The molecule has 3 N–H and O–H groups in total. The van der Waals surface area contributed by atoms with Gasteiger partial charge in [-0.15, -0.1) is 11.3 Å². The third-order valence-electron chi connectivity index (χ3n) is 4.30. The molecule has 0 aliphatic heterocycles. The molecule has 1 aromatic heterocycles. The van der Waals surface area contributed by atoms with Gasteiger partial charge in [-0.1, -0.05) is 52.5 Å². The lowest BCUT2D eigenvalue weighted by Crippen LogP contribution is -2.31. The molecule has 0 saturated heterocycles. The molecule has 2 aromatic carbocycles. The van der Waals surface area contributed by atoms with Gasteiger partial charge in [-0.2, -0.15) is 0 Å². The van der Waals surface area contributed by atoms with Gasteiger partial charge >= 0.3 is 5.97 Å². The number of rotatable bonds is 8. The maximum atomic E-state index is 12.5. The SMILES string of the molecule is O=C(O)CC(NC(=O)Cc1csc(NC(=O)c2cc(Cl)cc(Cl)c2)n1)c1ccc(Cl)c(Cl)c1. The van der Waals surface area contributed by atoms with Crippen molar-refractivity contribution in [2.24, 2.45) is 0 Å². The minimum Gasteiger partial charge on any atom is -0.481 e. The average Bonchev–Trinajstić information content (AvgIpc) is 3.15. The molecule has 2 amide bonds. The summed E-state index contributed by atoms with van der Waals surface area (Å²) in [7, 11) is 0. The summed E-state index contributed by atoms with van der Waals surface area (Å²) in [6.45, 7) is 0. The predicted octanol–water partition coefficient (Wildman–Crippen LogP) is 5.88. The van der Waals surface area contributed by atoms with Crippen molar-refractivity contribution in [3.63, 3.8) is 0 Å². The number of thiazole rings is 1. The largest absolute Gasteiger partial charge is 0.481 e. The molecule has 0 spiro atoms. The number of aromatic nitrogens is 1. The molecule has 3 aromatic rings. The molecular formula is C21H15Cl4N3O4S. The molecule has 7 nitrogen and oxygen atoms in total. The average molecular weight is 547 g/mol. The maximum Gasteiger partial charge on any atom is 0.305 e. The highest BCUT2D eigenvalue weighted by atomic mass is 35.5. The summed E-state index contributed by atoms with van der Waals surface area (Å²) in [5.41, 5.74) is 1.17. The van der Waals surface area contributed by atoms with Crippen molar-refractivity contribution in [3.8, 4) is 0 Å². The van der Waals surface area contributed by atoms with Gasteiger partial charge in [0.05, 0.1) is 34.6 Å². The van der Waals surface area contributed by atoms with Crippen molar-refractivity contribution in [1.82, 2.24) is 10.3 Å². The standard InChI is InChI=1S/C21H15Cl4N3O4S/c22-12-3-11(4-13(23)6-12)20(32)28-21-26-14(9-33-21)7-18(29)27-17(8-19(30)31)10-1-2-15(24)16(25)5-10/h1-6,9,17H,7-8H2,(H,27,29)(H,30,31)(H,26,28,32). The van der Waals surface area contributed by atoms with E-state index in [0.717, 1.165) is 11.3 Å². The van der Waals surface area contributed by atoms with E-state index in [4.69, 9.17) is 46.4 Å². The van der Waals surface area contributed by atoms with Crippen LogP contribution in [0.15, 0.2) is 41.8 Å². The fraction of sp³-hybridized carbons (Fsp3) is 0.143. The lowest BCUT2D eigenvalue weighted by molar-refractivity contribution is -0.137. The van der Waals surface area contributed by atoms with Gasteiger partial charge in [-0.3, -0.25) is 19.7 Å². The minimum atomic E-state index is -1.09. The Bertz CT molecular complexity index is 1200. The highest BCUT2D eigenvalue weighted by molar-refractivity contribution is 7.14. The predicted molar refractivity (Wildman–Crippen MR) is 130 cm³/mol. The highest BCUT2D eigenvalue weighted by Gasteiger charge is 2.20. The Morgan fingerprint density at radius 3 is 2.33 bits per heavy atom. The van der Waals surface area contributed by atoms with Crippen molar-refractivity contribution < 1.29 is 19.5 Å². The van der Waals surface area contributed by atoms with E-state index in [2.05, 4.69) is 15.6 Å². The zero-order valence-corrected chi connectivity index (χ0v) is 20.4. The summed E-state index contributed by atoms with van der Waals surface area (Å²) in [5.74, 6) is -1.99. The monoisotopic (exact) mass is 545 g/mol. The number of hydrogen-bond donors (Lipinski definition) is 3. The van der Waals surface area contributed by atoms with Crippen LogP contribution in [0, 0.1) is 0 Å². The summed E-state index contributed by atoms with van der Waals surface area (Å²) < 4.78 is 0. The molecule has 0 saturated carbocycles. The zero-order chi connectivity index (χ0) is 24.1. The molecule has 1 atom stereocenters. The third-order valence-corrected chi connectivity index (χ3v) is 6.28. The normalized spacial score (nSPS) is 11.6. The lowest BCUT2D eigenvalue weighted by Gasteiger charge is -2.18. The Balaban J connectivity index is 1.65. The number of carbonyl (C=O) groups excluding carboxylic acids is 2. The van der Waals surface area contributed by atoms with Crippen LogP contribution in [-0.4, -0.2) is 27.9 Å². The second kappa shape index (κ2) is 11.2. The molecule has 0 aliphatic carbocycles. The number of carboxylic acid groups (broad SMARTS) is 1. The summed E-state index contributed by atoms with van der Waals surface area (Å²) >= 11 is 24.9. The van der Waals surface area contributed by atoms with Crippen molar-refractivity contribution in [2.45, 2.75) is 18.9 Å². The Labute approximate surface area is 212 Å². The number of halogens is 4. The van der Waals surface area contributed by atoms with E-state index in [9.17, 15) is 19.5 Å². The second-order valence-electron chi connectivity index (χ2n) is 6.82. The molecule has 0 aliphatic rings. The topological polar surface area (TPSA) is 108 Å². The first-order valence-electron chi connectivity index (χ1n) is 9.28. The number of carbonyl (C=O) groups is 3. The van der Waals surface area contributed by atoms with Gasteiger partial charge < -0.3 is 10.4 Å². The molecule has 1 heterocycles. The zero-order valence-electron chi connectivity index (χ0n) is 16.6. The molecular weight excluding hydrogens is 532 g/mol. The van der Waals surface area contributed by atoms with Crippen molar-refractivity contribution in [1.29, 1.82) is 0 Å². The number of carboxylic acids is 1. The first-order valence-corrected chi connectivity index (χ1v) is 11.7. The Morgan fingerprint density at radius 1 is 1.00 bits per heavy atom. The van der Waals surface area contributed by atoms with Crippen LogP contribution in [0.25, 0.3) is 0 Å². The van der Waals surface area contributed by atoms with Gasteiger partial charge in [0.2, 0.25) is 5.91 Å². The van der Waals surface area contributed by atoms with E-state index in [1.807, 2.05) is 0 Å². The first-order chi connectivity index (χ1) is 15.6. The van der Waals surface area contributed by atoms with E-state index in [-0.39, 0.29) is 28.6 Å². The van der Waals surface area contributed by atoms with Gasteiger partial charge in [0.1, 0.15) is 0 Å². The number of nitrogens with one attached hydrogen (secondary N) is 2. The van der Waals surface area contributed by atoms with Crippen LogP contribution >= 0.6 is 57.7 Å². The van der Waals surface area contributed by atoms with Crippen molar-refractivity contribution >= 4 is 80.7 Å². The fourth-order valence-corrected chi connectivity index (χ4v) is 4.40. The number of benzene rings is 2. The number of nitrogens with zero attached hydrogens (tertiary/aromatic N) is 1. The molecule has 12 heteroatoms. The minimum absolute atomic E-state index is 0.118. The van der Waals surface area contributed by atoms with Crippen molar-refractivity contribution in [3.05, 3.63) is 78.7 Å². The van der Waals surface area contributed by atoms with Crippen LogP contribution in [0.4, 0.5) is 5.13 Å². The number of hydrogen-bond acceptors (Lipinski definition) is 5. The van der Waals surface area contributed by atoms with Crippen LogP contribution in [-0.2, 0) is 16.0 Å². The second-order valence-corrected chi connectivity index (χ2v) is 9.37. The summed E-state index contributed by atoms with van der Waals surface area (Å²) in [5, 5.41) is 17.6. The molecule has 0 fully saturated rings. The molecule has 0 radical (unpaired) electrons. The van der Waals surface area contributed by atoms with Gasteiger partial charge in [0.15, 0.2) is 5.13 Å². The van der Waals surface area contributed by atoms with E-state index in [1.165, 1.54) is 30.3 Å². The van der Waals surface area contributed by atoms with E-state index >= 15 is 0 Å². The maximum absolute atomic E-state index is 12.5. The smallest absolute Gasteiger partial charge is 0.305 e. The first kappa shape index (κ1) is 25.3. The van der Waals surface area contributed by atoms with E-state index in [0.29, 0.717) is 26.3 Å². The van der Waals surface area contributed by atoms with Gasteiger partial charge in [-0.05, 0) is 35.9 Å². The van der Waals surface area contributed by atoms with Crippen LogP contribution in [0.3, 0.4) is 0 Å². The highest BCUT2D eigenvalue weighted by Crippen LogP contribution is 2.27. The van der Waals surface area contributed by atoms with Crippen molar-refractivity contribution in [2.75, 3.05) is 5.32 Å². The molecule has 3 rings (SSSR count). The quantitative estimate of drug-likeness (QED) is 0.326. The molecule has 1 unspecified atom stereocenters. The van der Waals surface area contributed by atoms with Gasteiger partial charge in [-0.25, -0.2) is 4.98 Å². The lowest BCUT2D eigenvalue weighted by atomic mass is 10.0. The number of anilines is 1. The van der Waals surface area contributed by atoms with E-state index < -0.39 is 23.8 Å². The Hall–Kier alpha value is -2.36. The Morgan fingerprint density at radius 2 is 1.70 bits per heavy atom. The molecule has 172 valence electrons. The molecule has 33 heavy (non-hydrogen) atoms. The van der Waals surface area contributed by atoms with Crippen LogP contribution in [0.5, 0.6) is 0 Å². The van der Waals surface area contributed by atoms with Crippen LogP contribution in [0.2, 0.25) is 20.1 Å². The third kappa shape index (κ3) is 7.31. The van der Waals surface area contributed by atoms with Crippen LogP contribution in [0.1, 0.15) is 34.1 Å². The fourth-order valence-electron chi connectivity index (χ4n) is 2.87. The van der Waals surface area contributed by atoms with Crippen LogP contribution < -0.4 is 10.6 Å². The number of amides is 2. The molecule has 0 bridgehead atoms.